The molecule has 1 aliphatic rings. The maximum Gasteiger partial charge on any atom is 0.241 e. The standard InChI is InChI=1S/C19H26N2O4S2/c1-14-11-16(24-2)17(25-3)12-19(14)27(22,23)20-13-15(18-7-6-10-26-18)21-8-4-5-9-21/h6-7,10-12,15,20H,4-5,8-9,13H2,1-3H3. The maximum atomic E-state index is 13.0. The average Bonchev–Trinajstić information content (AvgIpc) is 3.35. The van der Waals surface area contributed by atoms with Crippen LogP contribution in [0.25, 0.3) is 0 Å². The number of nitrogens with one attached hydrogen (secondary N) is 1. The second kappa shape index (κ2) is 8.60. The Kier molecular flexibility index (Phi) is 6.41. The van der Waals surface area contributed by atoms with E-state index in [1.165, 1.54) is 25.2 Å². The number of aryl methyl sites for hydroxylation is 1. The minimum Gasteiger partial charge on any atom is -0.493 e. The van der Waals surface area contributed by atoms with Gasteiger partial charge in [-0.25, -0.2) is 13.1 Å². The highest BCUT2D eigenvalue weighted by Crippen LogP contribution is 2.33. The smallest absolute Gasteiger partial charge is 0.241 e. The van der Waals surface area contributed by atoms with Gasteiger partial charge in [0.05, 0.1) is 25.2 Å². The summed E-state index contributed by atoms with van der Waals surface area (Å²) in [5.74, 6) is 0.917. The zero-order valence-corrected chi connectivity index (χ0v) is 17.5. The summed E-state index contributed by atoms with van der Waals surface area (Å²) in [6, 6.07) is 7.35. The van der Waals surface area contributed by atoms with Crippen LogP contribution in [0, 0.1) is 6.92 Å². The van der Waals surface area contributed by atoms with Crippen molar-refractivity contribution in [2.75, 3.05) is 33.9 Å². The molecule has 1 aromatic carbocycles. The summed E-state index contributed by atoms with van der Waals surface area (Å²) in [4.78, 5) is 3.76. The van der Waals surface area contributed by atoms with Crippen LogP contribution in [-0.2, 0) is 10.0 Å². The largest absolute Gasteiger partial charge is 0.493 e. The fraction of sp³-hybridized carbons (Fsp3) is 0.474. The van der Waals surface area contributed by atoms with Crippen LogP contribution < -0.4 is 14.2 Å². The minimum atomic E-state index is -3.67. The number of benzene rings is 1. The number of methoxy groups -OCH3 is 2. The third kappa shape index (κ3) is 4.45. The first-order valence-electron chi connectivity index (χ1n) is 8.96. The van der Waals surface area contributed by atoms with Crippen molar-refractivity contribution in [2.45, 2.75) is 30.7 Å². The van der Waals surface area contributed by atoms with Crippen molar-refractivity contribution >= 4 is 21.4 Å². The first kappa shape index (κ1) is 20.1. The lowest BCUT2D eigenvalue weighted by Crippen LogP contribution is -2.36. The van der Waals surface area contributed by atoms with Crippen LogP contribution in [0.4, 0.5) is 0 Å². The van der Waals surface area contributed by atoms with Gasteiger partial charge in [-0.3, -0.25) is 4.90 Å². The van der Waals surface area contributed by atoms with E-state index < -0.39 is 10.0 Å². The Balaban J connectivity index is 1.83. The molecule has 2 aromatic rings. The molecule has 0 amide bonds. The molecule has 0 aliphatic carbocycles. The number of hydrogen-bond donors (Lipinski definition) is 1. The summed E-state index contributed by atoms with van der Waals surface area (Å²) in [6.45, 7) is 4.10. The van der Waals surface area contributed by atoms with Crippen LogP contribution in [0.5, 0.6) is 11.5 Å². The molecule has 1 aromatic heterocycles. The highest BCUT2D eigenvalue weighted by Gasteiger charge is 2.27. The third-order valence-electron chi connectivity index (χ3n) is 4.89. The van der Waals surface area contributed by atoms with Crippen molar-refractivity contribution in [3.05, 3.63) is 40.1 Å². The van der Waals surface area contributed by atoms with Crippen molar-refractivity contribution in [3.8, 4) is 11.5 Å². The van der Waals surface area contributed by atoms with Crippen molar-refractivity contribution in [1.29, 1.82) is 0 Å². The highest BCUT2D eigenvalue weighted by molar-refractivity contribution is 7.89. The van der Waals surface area contributed by atoms with Crippen molar-refractivity contribution in [3.63, 3.8) is 0 Å². The summed E-state index contributed by atoms with van der Waals surface area (Å²) >= 11 is 1.67. The topological polar surface area (TPSA) is 67.9 Å². The molecule has 1 fully saturated rings. The van der Waals surface area contributed by atoms with Crippen LogP contribution in [-0.4, -0.2) is 47.2 Å². The van der Waals surface area contributed by atoms with Gasteiger partial charge in [-0.15, -0.1) is 11.3 Å². The van der Waals surface area contributed by atoms with Crippen molar-refractivity contribution < 1.29 is 17.9 Å². The quantitative estimate of drug-likeness (QED) is 0.724. The molecule has 1 saturated heterocycles. The third-order valence-corrected chi connectivity index (χ3v) is 7.43. The van der Waals surface area contributed by atoms with E-state index in [1.54, 1.807) is 24.3 Å². The van der Waals surface area contributed by atoms with E-state index in [1.807, 2.05) is 11.4 Å². The number of sulfonamides is 1. The molecule has 148 valence electrons. The second-order valence-electron chi connectivity index (χ2n) is 6.60. The Labute approximate surface area is 165 Å². The van der Waals surface area contributed by atoms with E-state index >= 15 is 0 Å². The average molecular weight is 411 g/mol. The van der Waals surface area contributed by atoms with Crippen molar-refractivity contribution in [2.24, 2.45) is 0 Å². The predicted octanol–water partition coefficient (Wildman–Crippen LogP) is 3.19. The maximum absolute atomic E-state index is 13.0. The highest BCUT2D eigenvalue weighted by atomic mass is 32.2. The molecule has 6 nitrogen and oxygen atoms in total. The van der Waals surface area contributed by atoms with Crippen LogP contribution in [0.1, 0.15) is 29.3 Å². The zero-order valence-electron chi connectivity index (χ0n) is 15.9. The molecule has 3 rings (SSSR count). The minimum absolute atomic E-state index is 0.0581. The summed E-state index contributed by atoms with van der Waals surface area (Å²) in [7, 11) is -0.641. The molecule has 1 atom stereocenters. The normalized spacial score (nSPS) is 16.4. The molecule has 0 spiro atoms. The van der Waals surface area contributed by atoms with E-state index in [0.29, 0.717) is 23.6 Å². The Morgan fingerprint density at radius 1 is 1.19 bits per heavy atom. The molecule has 1 aliphatic heterocycles. The van der Waals surface area contributed by atoms with Crippen LogP contribution in [0.2, 0.25) is 0 Å². The molecule has 0 bridgehead atoms. The zero-order chi connectivity index (χ0) is 19.4. The SMILES string of the molecule is COc1cc(C)c(S(=O)(=O)NCC(c2cccs2)N2CCCC2)cc1OC. The number of nitrogens with zero attached hydrogens (tertiary/aromatic N) is 1. The second-order valence-corrected chi connectivity index (χ2v) is 9.31. The van der Waals surface area contributed by atoms with Gasteiger partial charge >= 0.3 is 0 Å². The number of likely N-dealkylation sites (tertiary alicyclic amines) is 1. The van der Waals surface area contributed by atoms with Crippen LogP contribution >= 0.6 is 11.3 Å². The van der Waals surface area contributed by atoms with Gasteiger partial charge in [0.2, 0.25) is 10.0 Å². The van der Waals surface area contributed by atoms with E-state index in [-0.39, 0.29) is 10.9 Å². The van der Waals surface area contributed by atoms with Crippen molar-refractivity contribution in [1.82, 2.24) is 9.62 Å². The van der Waals surface area contributed by atoms with Gasteiger partial charge in [-0.2, -0.15) is 0 Å². The number of hydrogen-bond acceptors (Lipinski definition) is 6. The number of thiophene rings is 1. The molecule has 1 N–H and O–H groups in total. The Morgan fingerprint density at radius 2 is 1.85 bits per heavy atom. The lowest BCUT2D eigenvalue weighted by atomic mass is 10.2. The van der Waals surface area contributed by atoms with E-state index in [2.05, 4.69) is 15.7 Å². The van der Waals surface area contributed by atoms with Gasteiger partial charge in [0, 0.05) is 17.5 Å². The van der Waals surface area contributed by atoms with E-state index in [4.69, 9.17) is 9.47 Å². The van der Waals surface area contributed by atoms with Crippen LogP contribution in [0.15, 0.2) is 34.5 Å². The lowest BCUT2D eigenvalue weighted by molar-refractivity contribution is 0.250. The summed E-state index contributed by atoms with van der Waals surface area (Å²) in [5, 5.41) is 2.03. The number of ether oxygens (including phenoxy) is 2. The first-order valence-corrected chi connectivity index (χ1v) is 11.3. The summed E-state index contributed by atoms with van der Waals surface area (Å²) < 4.78 is 39.3. The van der Waals surface area contributed by atoms with Gasteiger partial charge in [-0.1, -0.05) is 6.07 Å². The summed E-state index contributed by atoms with van der Waals surface area (Å²) in [5.41, 5.74) is 0.619. The molecular weight excluding hydrogens is 384 g/mol. The molecule has 8 heteroatoms. The first-order chi connectivity index (χ1) is 13.0. The Morgan fingerprint density at radius 3 is 2.44 bits per heavy atom. The van der Waals surface area contributed by atoms with Gasteiger partial charge in [0.15, 0.2) is 11.5 Å². The molecule has 2 heterocycles. The number of rotatable bonds is 8. The van der Waals surface area contributed by atoms with Gasteiger partial charge in [-0.05, 0) is 55.9 Å². The Hall–Kier alpha value is -1.61. The molecule has 1 unspecified atom stereocenters. The molecular formula is C19H26N2O4S2. The van der Waals surface area contributed by atoms with E-state index in [9.17, 15) is 8.42 Å². The van der Waals surface area contributed by atoms with Gasteiger partial charge in [0.1, 0.15) is 0 Å². The fourth-order valence-electron chi connectivity index (χ4n) is 3.46. The lowest BCUT2D eigenvalue weighted by Gasteiger charge is -2.27. The Bertz CT molecular complexity index is 860. The van der Waals surface area contributed by atoms with E-state index in [0.717, 1.165) is 25.9 Å². The van der Waals surface area contributed by atoms with Crippen LogP contribution in [0.3, 0.4) is 0 Å². The molecule has 0 saturated carbocycles. The monoisotopic (exact) mass is 410 g/mol. The predicted molar refractivity (Wildman–Crippen MR) is 107 cm³/mol. The van der Waals surface area contributed by atoms with Gasteiger partial charge < -0.3 is 9.47 Å². The fourth-order valence-corrected chi connectivity index (χ4v) is 5.60. The summed E-state index contributed by atoms with van der Waals surface area (Å²) in [6.07, 6.45) is 2.31. The van der Waals surface area contributed by atoms with Gasteiger partial charge in [0.25, 0.3) is 0 Å². The molecule has 27 heavy (non-hydrogen) atoms. The molecule has 0 radical (unpaired) electrons.